The molecule has 2 aromatic rings. The van der Waals surface area contributed by atoms with Crippen molar-refractivity contribution in [3.8, 4) is 0 Å². The molecule has 1 atom stereocenters. The molecule has 2 heterocycles. The first-order valence-corrected chi connectivity index (χ1v) is 8.28. The minimum Gasteiger partial charge on any atom is -0.379 e. The molecule has 0 aliphatic carbocycles. The van der Waals surface area contributed by atoms with Crippen LogP contribution in [-0.4, -0.2) is 58.4 Å². The number of nitrogens with one attached hydrogen (secondary N) is 1. The van der Waals surface area contributed by atoms with Gasteiger partial charge in [0, 0.05) is 19.6 Å². The zero-order chi connectivity index (χ0) is 16.6. The van der Waals surface area contributed by atoms with E-state index in [1.165, 1.54) is 6.33 Å². The van der Waals surface area contributed by atoms with E-state index in [1.807, 2.05) is 30.3 Å². The molecular weight excluding hydrogens is 306 g/mol. The number of aryl methyl sites for hydroxylation is 1. The Balaban J connectivity index is 1.59. The topological polar surface area (TPSA) is 72.3 Å². The van der Waals surface area contributed by atoms with Crippen LogP contribution < -0.4 is 5.32 Å². The van der Waals surface area contributed by atoms with Gasteiger partial charge in [-0.1, -0.05) is 30.3 Å². The van der Waals surface area contributed by atoms with Crippen molar-refractivity contribution >= 4 is 5.91 Å². The summed E-state index contributed by atoms with van der Waals surface area (Å²) in [4.78, 5) is 18.5. The molecule has 1 amide bonds. The predicted molar refractivity (Wildman–Crippen MR) is 89.2 cm³/mol. The number of benzene rings is 1. The smallest absolute Gasteiger partial charge is 0.234 e. The minimum atomic E-state index is -0.0380. The molecule has 0 radical (unpaired) electrons. The fourth-order valence-electron chi connectivity index (χ4n) is 2.82. The SMILES string of the molecule is O=C(CN1CCOCC1)N[C@H](CCn1cncn1)c1ccccc1. The van der Waals surface area contributed by atoms with E-state index in [2.05, 4.69) is 20.3 Å². The molecule has 0 saturated carbocycles. The number of hydrogen-bond acceptors (Lipinski definition) is 5. The highest BCUT2D eigenvalue weighted by Crippen LogP contribution is 2.17. The second-order valence-corrected chi connectivity index (χ2v) is 5.87. The maximum atomic E-state index is 12.4. The van der Waals surface area contributed by atoms with Gasteiger partial charge in [0.25, 0.3) is 0 Å². The number of hydrogen-bond donors (Lipinski definition) is 1. The van der Waals surface area contributed by atoms with Crippen molar-refractivity contribution in [2.24, 2.45) is 0 Å². The Bertz CT molecular complexity index is 611. The van der Waals surface area contributed by atoms with E-state index in [4.69, 9.17) is 4.74 Å². The van der Waals surface area contributed by atoms with E-state index >= 15 is 0 Å². The molecule has 1 N–H and O–H groups in total. The Morgan fingerprint density at radius 1 is 1.25 bits per heavy atom. The molecule has 1 aliphatic rings. The van der Waals surface area contributed by atoms with Crippen LogP contribution in [0.2, 0.25) is 0 Å². The zero-order valence-electron chi connectivity index (χ0n) is 13.7. The molecule has 1 fully saturated rings. The number of morpholine rings is 1. The summed E-state index contributed by atoms with van der Waals surface area (Å²) in [5, 5.41) is 7.29. The Morgan fingerprint density at radius 2 is 2.04 bits per heavy atom. The van der Waals surface area contributed by atoms with Crippen LogP contribution >= 0.6 is 0 Å². The van der Waals surface area contributed by atoms with Crippen molar-refractivity contribution in [2.75, 3.05) is 32.8 Å². The Hall–Kier alpha value is -2.25. The van der Waals surface area contributed by atoms with Crippen LogP contribution in [0.5, 0.6) is 0 Å². The van der Waals surface area contributed by atoms with Gasteiger partial charge >= 0.3 is 0 Å². The van der Waals surface area contributed by atoms with Crippen LogP contribution in [0.4, 0.5) is 0 Å². The molecular formula is C17H23N5O2. The first kappa shape index (κ1) is 16.6. The predicted octanol–water partition coefficient (Wildman–Crippen LogP) is 0.858. The van der Waals surface area contributed by atoms with Crippen LogP contribution in [0.1, 0.15) is 18.0 Å². The lowest BCUT2D eigenvalue weighted by Gasteiger charge is -2.27. The second kappa shape index (κ2) is 8.56. The molecule has 7 heteroatoms. The standard InChI is InChI=1S/C17H23N5O2/c23-17(12-21-8-10-24-11-9-21)20-16(15-4-2-1-3-5-15)6-7-22-14-18-13-19-22/h1-5,13-14,16H,6-12H2,(H,20,23)/t16-/m1/s1. The molecule has 24 heavy (non-hydrogen) atoms. The van der Waals surface area contributed by atoms with Gasteiger partial charge in [0.1, 0.15) is 12.7 Å². The second-order valence-electron chi connectivity index (χ2n) is 5.87. The van der Waals surface area contributed by atoms with E-state index in [0.717, 1.165) is 25.1 Å². The van der Waals surface area contributed by atoms with Crippen LogP contribution in [-0.2, 0) is 16.1 Å². The number of ether oxygens (including phenoxy) is 1. The molecule has 1 aliphatic heterocycles. The van der Waals surface area contributed by atoms with Crippen molar-refractivity contribution < 1.29 is 9.53 Å². The first-order valence-electron chi connectivity index (χ1n) is 8.28. The van der Waals surface area contributed by atoms with Gasteiger partial charge in [-0.3, -0.25) is 14.4 Å². The van der Waals surface area contributed by atoms with E-state index in [1.54, 1.807) is 11.0 Å². The third-order valence-corrected chi connectivity index (χ3v) is 4.12. The normalized spacial score (nSPS) is 16.7. The van der Waals surface area contributed by atoms with Crippen LogP contribution in [0, 0.1) is 0 Å². The molecule has 0 unspecified atom stereocenters. The van der Waals surface area contributed by atoms with Crippen LogP contribution in [0.25, 0.3) is 0 Å². The summed E-state index contributed by atoms with van der Waals surface area (Å²) >= 11 is 0. The average Bonchev–Trinajstić information content (AvgIpc) is 3.14. The number of aromatic nitrogens is 3. The molecule has 128 valence electrons. The average molecular weight is 329 g/mol. The Morgan fingerprint density at radius 3 is 2.75 bits per heavy atom. The molecule has 3 rings (SSSR count). The largest absolute Gasteiger partial charge is 0.379 e. The third-order valence-electron chi connectivity index (χ3n) is 4.12. The van der Waals surface area contributed by atoms with Gasteiger partial charge in [-0.25, -0.2) is 4.98 Å². The van der Waals surface area contributed by atoms with Crippen LogP contribution in [0.3, 0.4) is 0 Å². The molecule has 0 bridgehead atoms. The highest BCUT2D eigenvalue weighted by atomic mass is 16.5. The zero-order valence-corrected chi connectivity index (χ0v) is 13.7. The van der Waals surface area contributed by atoms with Gasteiger partial charge in [0.15, 0.2) is 0 Å². The molecule has 1 aromatic carbocycles. The highest BCUT2D eigenvalue weighted by molar-refractivity contribution is 5.78. The molecule has 0 spiro atoms. The quantitative estimate of drug-likeness (QED) is 0.816. The van der Waals surface area contributed by atoms with E-state index in [9.17, 15) is 4.79 Å². The van der Waals surface area contributed by atoms with Gasteiger partial charge in [-0.15, -0.1) is 0 Å². The number of carbonyl (C=O) groups excluding carboxylic acids is 1. The summed E-state index contributed by atoms with van der Waals surface area (Å²) in [6.07, 6.45) is 3.98. The Labute approximate surface area is 141 Å². The number of amides is 1. The summed E-state index contributed by atoms with van der Waals surface area (Å²) in [5.41, 5.74) is 1.10. The highest BCUT2D eigenvalue weighted by Gasteiger charge is 2.18. The van der Waals surface area contributed by atoms with Gasteiger partial charge < -0.3 is 10.1 Å². The van der Waals surface area contributed by atoms with E-state index < -0.39 is 0 Å². The Kier molecular flexibility index (Phi) is 5.92. The van der Waals surface area contributed by atoms with Crippen molar-refractivity contribution in [3.63, 3.8) is 0 Å². The summed E-state index contributed by atoms with van der Waals surface area (Å²) in [5.74, 6) is 0.0457. The summed E-state index contributed by atoms with van der Waals surface area (Å²) < 4.78 is 7.10. The lowest BCUT2D eigenvalue weighted by atomic mass is 10.0. The van der Waals surface area contributed by atoms with E-state index in [0.29, 0.717) is 26.3 Å². The lowest BCUT2D eigenvalue weighted by molar-refractivity contribution is -0.124. The van der Waals surface area contributed by atoms with Gasteiger partial charge in [-0.05, 0) is 12.0 Å². The molecule has 1 saturated heterocycles. The number of carbonyl (C=O) groups is 1. The molecule has 1 aromatic heterocycles. The number of nitrogens with zero attached hydrogens (tertiary/aromatic N) is 4. The number of rotatable bonds is 7. The fourth-order valence-corrected chi connectivity index (χ4v) is 2.82. The van der Waals surface area contributed by atoms with E-state index in [-0.39, 0.29) is 11.9 Å². The fraction of sp³-hybridized carbons (Fsp3) is 0.471. The van der Waals surface area contributed by atoms with Crippen molar-refractivity contribution in [1.29, 1.82) is 0 Å². The summed E-state index contributed by atoms with van der Waals surface area (Å²) in [6, 6.07) is 10.0. The van der Waals surface area contributed by atoms with Gasteiger partial charge in [0.05, 0.1) is 25.8 Å². The third kappa shape index (κ3) is 4.87. The van der Waals surface area contributed by atoms with Crippen LogP contribution in [0.15, 0.2) is 43.0 Å². The van der Waals surface area contributed by atoms with Crippen molar-refractivity contribution in [2.45, 2.75) is 19.0 Å². The van der Waals surface area contributed by atoms with Crippen molar-refractivity contribution in [3.05, 3.63) is 48.5 Å². The monoisotopic (exact) mass is 329 g/mol. The maximum absolute atomic E-state index is 12.4. The summed E-state index contributed by atoms with van der Waals surface area (Å²) in [7, 11) is 0. The first-order chi connectivity index (χ1) is 11.8. The molecule has 7 nitrogen and oxygen atoms in total. The van der Waals surface area contributed by atoms with Crippen molar-refractivity contribution in [1.82, 2.24) is 25.0 Å². The van der Waals surface area contributed by atoms with Gasteiger partial charge in [-0.2, -0.15) is 5.10 Å². The lowest BCUT2D eigenvalue weighted by Crippen LogP contribution is -2.44. The maximum Gasteiger partial charge on any atom is 0.234 e. The summed E-state index contributed by atoms with van der Waals surface area (Å²) in [6.45, 7) is 4.13. The minimum absolute atomic E-state index is 0.0380. The van der Waals surface area contributed by atoms with Gasteiger partial charge in [0.2, 0.25) is 5.91 Å².